The average molecular weight is 566 g/mol. The third kappa shape index (κ3) is 7.68. The average Bonchev–Trinajstić information content (AvgIpc) is 2.83. The number of anilines is 1. The molecule has 36 heavy (non-hydrogen) atoms. The normalized spacial score (nSPS) is 11.8. The van der Waals surface area contributed by atoms with Gasteiger partial charge in [0.05, 0.1) is 16.6 Å². The fourth-order valence-electron chi connectivity index (χ4n) is 3.37. The van der Waals surface area contributed by atoms with Crippen LogP contribution in [0, 0.1) is 0 Å². The third-order valence-electron chi connectivity index (χ3n) is 5.28. The maximum absolute atomic E-state index is 12.9. The number of hydrogen-bond donors (Lipinski definition) is 0. The Morgan fingerprint density at radius 1 is 0.972 bits per heavy atom. The Morgan fingerprint density at radius 3 is 2.11 bits per heavy atom. The van der Waals surface area contributed by atoms with E-state index < -0.39 is 23.3 Å². The summed E-state index contributed by atoms with van der Waals surface area (Å²) in [6.07, 6.45) is -0.505. The molecule has 3 aromatic rings. The number of nitrogens with zero attached hydrogens (tertiary/aromatic N) is 3. The summed E-state index contributed by atoms with van der Waals surface area (Å²) in [4.78, 5) is 22.7. The van der Waals surface area contributed by atoms with Gasteiger partial charge in [-0.05, 0) is 78.5 Å². The Kier molecular flexibility index (Phi) is 8.94. The summed E-state index contributed by atoms with van der Waals surface area (Å²) in [5.74, 6) is 0.561. The molecule has 10 heteroatoms. The molecule has 0 aliphatic carbocycles. The Morgan fingerprint density at radius 2 is 1.56 bits per heavy atom. The van der Waals surface area contributed by atoms with Crippen LogP contribution >= 0.6 is 15.9 Å². The number of halogens is 4. The van der Waals surface area contributed by atoms with E-state index in [9.17, 15) is 18.0 Å². The number of alkyl halides is 3. The van der Waals surface area contributed by atoms with Crippen LogP contribution in [-0.4, -0.2) is 34.7 Å². The van der Waals surface area contributed by atoms with Gasteiger partial charge in [0, 0.05) is 25.5 Å². The highest BCUT2D eigenvalue weighted by Crippen LogP contribution is 2.29. The fourth-order valence-corrected chi connectivity index (χ4v) is 3.57. The Hall–Kier alpha value is -3.14. The van der Waals surface area contributed by atoms with Gasteiger partial charge in [-0.2, -0.15) is 13.2 Å². The zero-order chi connectivity index (χ0) is 26.3. The van der Waals surface area contributed by atoms with Crippen LogP contribution in [0.25, 0.3) is 0 Å². The molecule has 192 valence electrons. The molecule has 0 saturated carbocycles. The predicted molar refractivity (Wildman–Crippen MR) is 134 cm³/mol. The number of carbonyl (C=O) groups excluding carboxylic acids is 1. The monoisotopic (exact) mass is 565 g/mol. The van der Waals surface area contributed by atoms with Crippen molar-refractivity contribution < 1.29 is 27.4 Å². The summed E-state index contributed by atoms with van der Waals surface area (Å²) in [6, 6.07) is 12.4. The molecular formula is C26H27BrF3N3O3. The quantitative estimate of drug-likeness (QED) is 0.271. The van der Waals surface area contributed by atoms with Crippen molar-refractivity contribution in [3.63, 3.8) is 0 Å². The number of esters is 1. The number of hydrogen-bond acceptors (Lipinski definition) is 6. The molecule has 1 aromatic heterocycles. The van der Waals surface area contributed by atoms with Gasteiger partial charge in [-0.25, -0.2) is 14.8 Å². The van der Waals surface area contributed by atoms with Crippen LogP contribution in [0.1, 0.15) is 37.5 Å². The SMILES string of the molecule is CCOC(=O)C(C)(C)Oc1ccc(CCN(Cc2ccc(C(F)(F)F)cc2)c2ncc(Br)cn2)cc1. The van der Waals surface area contributed by atoms with Crippen molar-refractivity contribution >= 4 is 27.8 Å². The van der Waals surface area contributed by atoms with Gasteiger partial charge in [0.25, 0.3) is 0 Å². The number of rotatable bonds is 10. The molecule has 0 amide bonds. The van der Waals surface area contributed by atoms with Crippen molar-refractivity contribution in [3.05, 3.63) is 82.1 Å². The van der Waals surface area contributed by atoms with Gasteiger partial charge in [0.2, 0.25) is 5.95 Å². The first kappa shape index (κ1) is 27.4. The molecule has 0 radical (unpaired) electrons. The topological polar surface area (TPSA) is 64.6 Å². The zero-order valence-corrected chi connectivity index (χ0v) is 21.8. The van der Waals surface area contributed by atoms with Crippen molar-refractivity contribution in [3.8, 4) is 5.75 Å². The van der Waals surface area contributed by atoms with Crippen LogP contribution < -0.4 is 9.64 Å². The molecule has 0 fully saturated rings. The number of benzene rings is 2. The van der Waals surface area contributed by atoms with Gasteiger partial charge in [0.15, 0.2) is 5.60 Å². The molecule has 2 aromatic carbocycles. The lowest BCUT2D eigenvalue weighted by atomic mass is 10.1. The maximum Gasteiger partial charge on any atom is 0.416 e. The van der Waals surface area contributed by atoms with Crippen LogP contribution in [0.3, 0.4) is 0 Å². The molecule has 1 heterocycles. The van der Waals surface area contributed by atoms with Crippen molar-refractivity contribution in [2.24, 2.45) is 0 Å². The first-order valence-corrected chi connectivity index (χ1v) is 12.1. The second-order valence-corrected chi connectivity index (χ2v) is 9.46. The van der Waals surface area contributed by atoms with E-state index in [1.807, 2.05) is 17.0 Å². The summed E-state index contributed by atoms with van der Waals surface area (Å²) < 4.78 is 50.3. The van der Waals surface area contributed by atoms with Gasteiger partial charge >= 0.3 is 12.1 Å². The van der Waals surface area contributed by atoms with Crippen LogP contribution in [0.15, 0.2) is 65.4 Å². The molecule has 6 nitrogen and oxygen atoms in total. The van der Waals surface area contributed by atoms with Crippen molar-refractivity contribution in [2.75, 3.05) is 18.1 Å². The summed E-state index contributed by atoms with van der Waals surface area (Å²) in [6.45, 7) is 6.18. The molecule has 0 spiro atoms. The van der Waals surface area contributed by atoms with E-state index in [0.717, 1.165) is 22.2 Å². The van der Waals surface area contributed by atoms with Gasteiger partial charge in [0.1, 0.15) is 5.75 Å². The molecule has 0 aliphatic rings. The van der Waals surface area contributed by atoms with E-state index in [1.165, 1.54) is 12.1 Å². The van der Waals surface area contributed by atoms with E-state index >= 15 is 0 Å². The Labute approximate surface area is 216 Å². The van der Waals surface area contributed by atoms with Gasteiger partial charge in [-0.1, -0.05) is 24.3 Å². The highest BCUT2D eigenvalue weighted by atomic mass is 79.9. The van der Waals surface area contributed by atoms with E-state index in [1.54, 1.807) is 45.3 Å². The first-order valence-electron chi connectivity index (χ1n) is 11.3. The fraction of sp³-hybridized carbons (Fsp3) is 0.346. The van der Waals surface area contributed by atoms with E-state index in [2.05, 4.69) is 25.9 Å². The van der Waals surface area contributed by atoms with Crippen molar-refractivity contribution in [1.29, 1.82) is 0 Å². The summed E-state index contributed by atoms with van der Waals surface area (Å²) >= 11 is 3.32. The van der Waals surface area contributed by atoms with Crippen LogP contribution in [0.4, 0.5) is 19.1 Å². The van der Waals surface area contributed by atoms with Gasteiger partial charge in [-0.15, -0.1) is 0 Å². The lowest BCUT2D eigenvalue weighted by Crippen LogP contribution is -2.39. The number of ether oxygens (including phenoxy) is 2. The largest absolute Gasteiger partial charge is 0.476 e. The summed E-state index contributed by atoms with van der Waals surface area (Å²) in [5, 5.41) is 0. The molecule has 0 aliphatic heterocycles. The zero-order valence-electron chi connectivity index (χ0n) is 20.2. The van der Waals surface area contributed by atoms with E-state index in [4.69, 9.17) is 9.47 Å². The summed E-state index contributed by atoms with van der Waals surface area (Å²) in [5.41, 5.74) is -0.0917. The standard InChI is InChI=1S/C26H27BrF3N3O3/c1-4-35-23(34)25(2,3)36-22-11-7-18(8-12-22)13-14-33(24-31-15-21(27)16-32-24)17-19-5-9-20(10-6-19)26(28,29)30/h5-12,15-16H,4,13-14,17H2,1-3H3. The van der Waals surface area contributed by atoms with Crippen LogP contribution in [0.2, 0.25) is 0 Å². The lowest BCUT2D eigenvalue weighted by molar-refractivity contribution is -0.158. The van der Waals surface area contributed by atoms with E-state index in [0.29, 0.717) is 36.8 Å². The third-order valence-corrected chi connectivity index (χ3v) is 5.69. The minimum Gasteiger partial charge on any atom is -0.476 e. The minimum atomic E-state index is -4.38. The van der Waals surface area contributed by atoms with Crippen molar-refractivity contribution in [1.82, 2.24) is 9.97 Å². The molecule has 0 saturated heterocycles. The number of carbonyl (C=O) groups is 1. The van der Waals surface area contributed by atoms with E-state index in [-0.39, 0.29) is 6.61 Å². The Balaban J connectivity index is 1.70. The molecule has 0 bridgehead atoms. The van der Waals surface area contributed by atoms with Crippen molar-refractivity contribution in [2.45, 2.75) is 45.5 Å². The van der Waals surface area contributed by atoms with Gasteiger partial charge in [-0.3, -0.25) is 0 Å². The highest BCUT2D eigenvalue weighted by molar-refractivity contribution is 9.10. The molecule has 0 N–H and O–H groups in total. The van der Waals surface area contributed by atoms with Crippen LogP contribution in [-0.2, 0) is 28.7 Å². The van der Waals surface area contributed by atoms with Crippen LogP contribution in [0.5, 0.6) is 5.75 Å². The Bertz CT molecular complexity index is 1140. The lowest BCUT2D eigenvalue weighted by Gasteiger charge is -2.24. The maximum atomic E-state index is 12.9. The molecule has 0 atom stereocenters. The molecule has 3 rings (SSSR count). The minimum absolute atomic E-state index is 0.273. The first-order chi connectivity index (χ1) is 17.0. The predicted octanol–water partition coefficient (Wildman–Crippen LogP) is 6.23. The number of aromatic nitrogens is 2. The second kappa shape index (κ2) is 11.7. The second-order valence-electron chi connectivity index (χ2n) is 8.54. The summed E-state index contributed by atoms with van der Waals surface area (Å²) in [7, 11) is 0. The smallest absolute Gasteiger partial charge is 0.416 e. The highest BCUT2D eigenvalue weighted by Gasteiger charge is 2.32. The van der Waals surface area contributed by atoms with Gasteiger partial charge < -0.3 is 14.4 Å². The molecular weight excluding hydrogens is 539 g/mol. The molecule has 0 unspecified atom stereocenters.